The Balaban J connectivity index is 1.84. The Hall–Kier alpha value is -0.280. The molecule has 1 aromatic rings. The SMILES string of the molecule is OC1(c2ccc(Cl)c(Cl)c2)CCN2CCCCC2C1. The third kappa shape index (κ3) is 2.64. The summed E-state index contributed by atoms with van der Waals surface area (Å²) in [4.78, 5) is 2.52. The van der Waals surface area contributed by atoms with E-state index >= 15 is 0 Å². The van der Waals surface area contributed by atoms with Crippen LogP contribution in [0.2, 0.25) is 10.0 Å². The molecule has 0 amide bonds. The zero-order chi connectivity index (χ0) is 13.5. The van der Waals surface area contributed by atoms with Gasteiger partial charge in [0.1, 0.15) is 0 Å². The van der Waals surface area contributed by atoms with Gasteiger partial charge in [-0.15, -0.1) is 0 Å². The first-order chi connectivity index (χ1) is 9.08. The molecule has 2 heterocycles. The molecule has 2 nitrogen and oxygen atoms in total. The Morgan fingerprint density at radius 2 is 2.00 bits per heavy atom. The van der Waals surface area contributed by atoms with Crippen LogP contribution >= 0.6 is 23.2 Å². The maximum atomic E-state index is 11.0. The van der Waals surface area contributed by atoms with Crippen LogP contribution < -0.4 is 0 Å². The zero-order valence-corrected chi connectivity index (χ0v) is 12.4. The van der Waals surface area contributed by atoms with Crippen LogP contribution in [-0.2, 0) is 5.60 Å². The van der Waals surface area contributed by atoms with Crippen LogP contribution in [0.15, 0.2) is 18.2 Å². The molecule has 2 fully saturated rings. The third-order valence-corrected chi connectivity index (χ3v) is 5.33. The minimum atomic E-state index is -0.743. The predicted octanol–water partition coefficient (Wildman–Crippen LogP) is 3.83. The van der Waals surface area contributed by atoms with Gasteiger partial charge in [-0.1, -0.05) is 35.7 Å². The molecule has 19 heavy (non-hydrogen) atoms. The summed E-state index contributed by atoms with van der Waals surface area (Å²) >= 11 is 12.0. The zero-order valence-electron chi connectivity index (χ0n) is 10.9. The summed E-state index contributed by atoms with van der Waals surface area (Å²) in [6, 6.07) is 6.03. The number of hydrogen-bond donors (Lipinski definition) is 1. The number of piperidine rings is 2. The maximum absolute atomic E-state index is 11.0. The van der Waals surface area contributed by atoms with Crippen LogP contribution in [-0.4, -0.2) is 29.1 Å². The predicted molar refractivity (Wildman–Crippen MR) is 78.8 cm³/mol. The highest BCUT2D eigenvalue weighted by molar-refractivity contribution is 6.42. The first-order valence-corrected chi connectivity index (χ1v) is 7.76. The Bertz CT molecular complexity index is 479. The number of aliphatic hydroxyl groups is 1. The van der Waals surface area contributed by atoms with Crippen molar-refractivity contribution in [2.75, 3.05) is 13.1 Å². The molecule has 0 saturated carbocycles. The van der Waals surface area contributed by atoms with Gasteiger partial charge < -0.3 is 10.0 Å². The Labute approximate surface area is 124 Å². The van der Waals surface area contributed by atoms with Crippen LogP contribution in [0.4, 0.5) is 0 Å². The van der Waals surface area contributed by atoms with Crippen LogP contribution in [0, 0.1) is 0 Å². The molecule has 1 N–H and O–H groups in total. The number of nitrogens with zero attached hydrogens (tertiary/aromatic N) is 1. The molecule has 2 atom stereocenters. The fraction of sp³-hybridized carbons (Fsp3) is 0.600. The van der Waals surface area contributed by atoms with Crippen LogP contribution in [0.5, 0.6) is 0 Å². The van der Waals surface area contributed by atoms with E-state index in [1.165, 1.54) is 25.8 Å². The average Bonchev–Trinajstić information content (AvgIpc) is 2.41. The van der Waals surface area contributed by atoms with E-state index in [0.29, 0.717) is 16.1 Å². The summed E-state index contributed by atoms with van der Waals surface area (Å²) in [7, 11) is 0. The van der Waals surface area contributed by atoms with Crippen molar-refractivity contribution in [1.29, 1.82) is 0 Å². The highest BCUT2D eigenvalue weighted by atomic mass is 35.5. The van der Waals surface area contributed by atoms with Crippen molar-refractivity contribution in [2.45, 2.75) is 43.7 Å². The van der Waals surface area contributed by atoms with E-state index in [1.807, 2.05) is 12.1 Å². The van der Waals surface area contributed by atoms with Crippen molar-refractivity contribution in [3.05, 3.63) is 33.8 Å². The average molecular weight is 300 g/mol. The van der Waals surface area contributed by atoms with E-state index in [4.69, 9.17) is 23.2 Å². The van der Waals surface area contributed by atoms with Gasteiger partial charge in [-0.3, -0.25) is 0 Å². The van der Waals surface area contributed by atoms with Gasteiger partial charge in [0.2, 0.25) is 0 Å². The lowest BCUT2D eigenvalue weighted by Crippen LogP contribution is -2.50. The smallest absolute Gasteiger partial charge is 0.0924 e. The van der Waals surface area contributed by atoms with Gasteiger partial charge >= 0.3 is 0 Å². The third-order valence-electron chi connectivity index (χ3n) is 4.59. The van der Waals surface area contributed by atoms with E-state index in [1.54, 1.807) is 6.07 Å². The van der Waals surface area contributed by atoms with Crippen molar-refractivity contribution >= 4 is 23.2 Å². The summed E-state index contributed by atoms with van der Waals surface area (Å²) in [5.74, 6) is 0. The second-order valence-corrected chi connectivity index (χ2v) is 6.61. The molecule has 0 aliphatic carbocycles. The van der Waals surface area contributed by atoms with E-state index in [2.05, 4.69) is 4.90 Å². The summed E-state index contributed by atoms with van der Waals surface area (Å²) in [5.41, 5.74) is 0.166. The van der Waals surface area contributed by atoms with Gasteiger partial charge in [0.25, 0.3) is 0 Å². The first-order valence-electron chi connectivity index (χ1n) is 7.00. The number of fused-ring (bicyclic) bond motifs is 1. The molecule has 0 spiro atoms. The topological polar surface area (TPSA) is 23.5 Å². The number of halogens is 2. The molecule has 1 aromatic carbocycles. The lowest BCUT2D eigenvalue weighted by molar-refractivity contribution is -0.0611. The summed E-state index contributed by atoms with van der Waals surface area (Å²) in [6.45, 7) is 2.16. The molecule has 0 aromatic heterocycles. The summed E-state index contributed by atoms with van der Waals surface area (Å²) in [5, 5.41) is 12.0. The molecule has 0 bridgehead atoms. The molecular weight excluding hydrogens is 281 g/mol. The second-order valence-electron chi connectivity index (χ2n) is 5.80. The monoisotopic (exact) mass is 299 g/mol. The van der Waals surface area contributed by atoms with Crippen LogP contribution in [0.3, 0.4) is 0 Å². The van der Waals surface area contributed by atoms with Gasteiger partial charge in [0, 0.05) is 12.6 Å². The number of benzene rings is 1. The lowest BCUT2D eigenvalue weighted by Gasteiger charge is -2.46. The molecule has 4 heteroatoms. The largest absolute Gasteiger partial charge is 0.385 e. The van der Waals surface area contributed by atoms with Crippen molar-refractivity contribution in [2.24, 2.45) is 0 Å². The Kier molecular flexibility index (Phi) is 3.78. The lowest BCUT2D eigenvalue weighted by atomic mass is 9.78. The van der Waals surface area contributed by atoms with E-state index in [-0.39, 0.29) is 0 Å². The van der Waals surface area contributed by atoms with Gasteiger partial charge in [-0.25, -0.2) is 0 Å². The molecular formula is C15H19Cl2NO. The normalized spacial score (nSPS) is 32.1. The van der Waals surface area contributed by atoms with E-state index in [0.717, 1.165) is 24.9 Å². The highest BCUT2D eigenvalue weighted by Crippen LogP contribution is 2.40. The fourth-order valence-corrected chi connectivity index (χ4v) is 3.75. The molecule has 2 aliphatic heterocycles. The minimum absolute atomic E-state index is 0.516. The van der Waals surface area contributed by atoms with Gasteiger partial charge in [-0.2, -0.15) is 0 Å². The molecule has 2 saturated heterocycles. The maximum Gasteiger partial charge on any atom is 0.0924 e. The fourth-order valence-electron chi connectivity index (χ4n) is 3.45. The van der Waals surface area contributed by atoms with Crippen molar-refractivity contribution in [3.63, 3.8) is 0 Å². The van der Waals surface area contributed by atoms with E-state index < -0.39 is 5.60 Å². The van der Waals surface area contributed by atoms with Crippen molar-refractivity contribution in [1.82, 2.24) is 4.90 Å². The highest BCUT2D eigenvalue weighted by Gasteiger charge is 2.40. The van der Waals surface area contributed by atoms with E-state index in [9.17, 15) is 5.11 Å². The van der Waals surface area contributed by atoms with Crippen molar-refractivity contribution in [3.8, 4) is 0 Å². The molecule has 2 aliphatic rings. The Morgan fingerprint density at radius 1 is 1.16 bits per heavy atom. The minimum Gasteiger partial charge on any atom is -0.385 e. The molecule has 104 valence electrons. The molecule has 0 radical (unpaired) electrons. The molecule has 2 unspecified atom stereocenters. The second kappa shape index (κ2) is 5.25. The van der Waals surface area contributed by atoms with Gasteiger partial charge in [-0.05, 0) is 49.9 Å². The molecule has 3 rings (SSSR count). The Morgan fingerprint density at radius 3 is 2.79 bits per heavy atom. The first kappa shape index (κ1) is 13.7. The summed E-state index contributed by atoms with van der Waals surface area (Å²) < 4.78 is 0. The van der Waals surface area contributed by atoms with Crippen LogP contribution in [0.25, 0.3) is 0 Å². The standard InChI is InChI=1S/C15H19Cl2NO/c16-13-5-4-11(9-14(13)17)15(19)6-8-18-7-2-1-3-12(18)10-15/h4-5,9,12,19H,1-3,6-8,10H2. The summed E-state index contributed by atoms with van der Waals surface area (Å²) in [6.07, 6.45) is 5.36. The number of hydrogen-bond acceptors (Lipinski definition) is 2. The quantitative estimate of drug-likeness (QED) is 0.852. The van der Waals surface area contributed by atoms with Crippen LogP contribution in [0.1, 0.15) is 37.7 Å². The number of rotatable bonds is 1. The van der Waals surface area contributed by atoms with Gasteiger partial charge in [0.05, 0.1) is 15.6 Å². The van der Waals surface area contributed by atoms with Gasteiger partial charge in [0.15, 0.2) is 0 Å². The van der Waals surface area contributed by atoms with Crippen molar-refractivity contribution < 1.29 is 5.11 Å².